The first-order chi connectivity index (χ1) is 11.6. The van der Waals surface area contributed by atoms with E-state index in [1.165, 1.54) is 4.90 Å². The van der Waals surface area contributed by atoms with Gasteiger partial charge in [-0.25, -0.2) is 0 Å². The van der Waals surface area contributed by atoms with Gasteiger partial charge in [-0.3, -0.25) is 9.59 Å². The Balaban J connectivity index is 1.71. The highest BCUT2D eigenvalue weighted by Gasteiger charge is 2.33. The van der Waals surface area contributed by atoms with Gasteiger partial charge in [0.25, 0.3) is 5.91 Å². The van der Waals surface area contributed by atoms with E-state index in [0.29, 0.717) is 17.7 Å². The lowest BCUT2D eigenvalue weighted by atomic mass is 10.0. The van der Waals surface area contributed by atoms with Gasteiger partial charge in [-0.15, -0.1) is 0 Å². The Morgan fingerprint density at radius 3 is 2.67 bits per heavy atom. The van der Waals surface area contributed by atoms with Crippen LogP contribution in [0.2, 0.25) is 0 Å². The summed E-state index contributed by atoms with van der Waals surface area (Å²) in [7, 11) is 1.68. The molecule has 5 nitrogen and oxygen atoms in total. The first kappa shape index (κ1) is 14.5. The molecule has 2 heterocycles. The van der Waals surface area contributed by atoms with Crippen LogP contribution in [0.4, 0.5) is 5.69 Å². The highest BCUT2D eigenvalue weighted by Crippen LogP contribution is 2.25. The summed E-state index contributed by atoms with van der Waals surface area (Å²) >= 11 is 0. The number of carbonyl (C=O) groups excluding carboxylic acids is 2. The van der Waals surface area contributed by atoms with E-state index in [-0.39, 0.29) is 11.8 Å². The summed E-state index contributed by atoms with van der Waals surface area (Å²) in [6.45, 7) is 0. The maximum atomic E-state index is 12.7. The molecule has 1 atom stereocenters. The average molecular weight is 319 g/mol. The molecule has 0 bridgehead atoms. The van der Waals surface area contributed by atoms with Gasteiger partial charge in [0.2, 0.25) is 5.91 Å². The lowest BCUT2D eigenvalue weighted by Gasteiger charge is -2.24. The molecular weight excluding hydrogens is 302 g/mol. The number of carbonyl (C=O) groups is 2. The average Bonchev–Trinajstić information content (AvgIpc) is 2.98. The van der Waals surface area contributed by atoms with Gasteiger partial charge in [-0.2, -0.15) is 0 Å². The predicted octanol–water partition coefficient (Wildman–Crippen LogP) is 2.80. The number of nitrogens with one attached hydrogen (secondary N) is 2. The SMILES string of the molecule is CN1C(=O)c2ccccc2NC(=O)C1Cc1c[nH]c2ccccc12. The van der Waals surface area contributed by atoms with E-state index >= 15 is 0 Å². The van der Waals surface area contributed by atoms with Crippen LogP contribution < -0.4 is 5.32 Å². The Morgan fingerprint density at radius 2 is 1.79 bits per heavy atom. The van der Waals surface area contributed by atoms with Crippen molar-refractivity contribution in [2.75, 3.05) is 12.4 Å². The molecule has 1 aromatic heterocycles. The molecule has 1 aliphatic rings. The van der Waals surface area contributed by atoms with E-state index < -0.39 is 6.04 Å². The molecule has 4 rings (SSSR count). The maximum Gasteiger partial charge on any atom is 0.256 e. The number of benzene rings is 2. The van der Waals surface area contributed by atoms with Gasteiger partial charge >= 0.3 is 0 Å². The monoisotopic (exact) mass is 319 g/mol. The number of hydrogen-bond donors (Lipinski definition) is 2. The number of fused-ring (bicyclic) bond motifs is 2. The van der Waals surface area contributed by atoms with Crippen LogP contribution in [0.15, 0.2) is 54.7 Å². The van der Waals surface area contributed by atoms with Crippen LogP contribution in [0.5, 0.6) is 0 Å². The van der Waals surface area contributed by atoms with E-state index in [2.05, 4.69) is 10.3 Å². The van der Waals surface area contributed by atoms with Gasteiger partial charge in [-0.1, -0.05) is 30.3 Å². The number of hydrogen-bond acceptors (Lipinski definition) is 2. The third-order valence-electron chi connectivity index (χ3n) is 4.59. The third kappa shape index (κ3) is 2.25. The summed E-state index contributed by atoms with van der Waals surface area (Å²) in [5.41, 5.74) is 3.14. The quantitative estimate of drug-likeness (QED) is 0.763. The molecule has 0 aliphatic carbocycles. The minimum absolute atomic E-state index is 0.145. The van der Waals surface area contributed by atoms with Crippen molar-refractivity contribution in [3.63, 3.8) is 0 Å². The van der Waals surface area contributed by atoms with E-state index in [4.69, 9.17) is 0 Å². The van der Waals surface area contributed by atoms with E-state index in [0.717, 1.165) is 16.5 Å². The molecule has 2 aromatic carbocycles. The molecular formula is C19H17N3O2. The van der Waals surface area contributed by atoms with Gasteiger partial charge in [0, 0.05) is 30.6 Å². The molecule has 2 amide bonds. The molecule has 0 saturated heterocycles. The van der Waals surface area contributed by atoms with Gasteiger partial charge in [0.15, 0.2) is 0 Å². The molecule has 0 radical (unpaired) electrons. The van der Waals surface area contributed by atoms with Crippen molar-refractivity contribution >= 4 is 28.4 Å². The fraction of sp³-hybridized carbons (Fsp3) is 0.158. The van der Waals surface area contributed by atoms with Crippen molar-refractivity contribution in [1.82, 2.24) is 9.88 Å². The second-order valence-corrected chi connectivity index (χ2v) is 6.03. The van der Waals surface area contributed by atoms with Crippen LogP contribution in [0.25, 0.3) is 10.9 Å². The lowest BCUT2D eigenvalue weighted by molar-refractivity contribution is -0.120. The Kier molecular flexibility index (Phi) is 3.34. The molecule has 0 spiro atoms. The minimum Gasteiger partial charge on any atom is -0.361 e. The second-order valence-electron chi connectivity index (χ2n) is 6.03. The number of anilines is 1. The number of nitrogens with zero attached hydrogens (tertiary/aromatic N) is 1. The Labute approximate surface area is 139 Å². The fourth-order valence-electron chi connectivity index (χ4n) is 3.24. The zero-order chi connectivity index (χ0) is 16.7. The number of likely N-dealkylation sites (N-methyl/N-ethyl adjacent to an activating group) is 1. The van der Waals surface area contributed by atoms with Crippen LogP contribution >= 0.6 is 0 Å². The van der Waals surface area contributed by atoms with Crippen molar-refractivity contribution < 1.29 is 9.59 Å². The standard InChI is InChI=1S/C19H17N3O2/c1-22-17(10-12-11-20-15-8-4-2-6-13(12)15)18(23)21-16-9-5-3-7-14(16)19(22)24/h2-9,11,17,20H,10H2,1H3,(H,21,23). The molecule has 2 N–H and O–H groups in total. The van der Waals surface area contributed by atoms with Crippen molar-refractivity contribution in [2.24, 2.45) is 0 Å². The Morgan fingerprint density at radius 1 is 1.04 bits per heavy atom. The van der Waals surface area contributed by atoms with Crippen molar-refractivity contribution in [3.05, 3.63) is 65.9 Å². The molecule has 0 saturated carbocycles. The Hall–Kier alpha value is -3.08. The van der Waals surface area contributed by atoms with Gasteiger partial charge in [0.05, 0.1) is 11.3 Å². The molecule has 1 aliphatic heterocycles. The normalized spacial score (nSPS) is 17.5. The van der Waals surface area contributed by atoms with Crippen LogP contribution in [0.1, 0.15) is 15.9 Å². The first-order valence-corrected chi connectivity index (χ1v) is 7.87. The largest absolute Gasteiger partial charge is 0.361 e. The van der Waals surface area contributed by atoms with Gasteiger partial charge < -0.3 is 15.2 Å². The summed E-state index contributed by atoms with van der Waals surface area (Å²) in [6.07, 6.45) is 2.38. The van der Waals surface area contributed by atoms with Crippen LogP contribution in [-0.4, -0.2) is 34.8 Å². The van der Waals surface area contributed by atoms with E-state index in [9.17, 15) is 9.59 Å². The number of aromatic amines is 1. The molecule has 1 unspecified atom stereocenters. The minimum atomic E-state index is -0.552. The number of H-pyrrole nitrogens is 1. The summed E-state index contributed by atoms with van der Waals surface area (Å²) in [4.78, 5) is 30.1. The number of rotatable bonds is 2. The molecule has 0 fully saturated rings. The zero-order valence-electron chi connectivity index (χ0n) is 13.2. The molecule has 120 valence electrons. The topological polar surface area (TPSA) is 65.2 Å². The van der Waals surface area contributed by atoms with E-state index in [1.54, 1.807) is 25.2 Å². The van der Waals surface area contributed by atoms with Crippen LogP contribution in [0, 0.1) is 0 Å². The van der Waals surface area contributed by atoms with Crippen molar-refractivity contribution in [3.8, 4) is 0 Å². The number of para-hydroxylation sites is 2. The van der Waals surface area contributed by atoms with Gasteiger partial charge in [0.1, 0.15) is 6.04 Å². The number of amides is 2. The Bertz CT molecular complexity index is 944. The second kappa shape index (κ2) is 5.53. The van der Waals surface area contributed by atoms with Crippen molar-refractivity contribution in [1.29, 1.82) is 0 Å². The fourth-order valence-corrected chi connectivity index (χ4v) is 3.24. The smallest absolute Gasteiger partial charge is 0.256 e. The summed E-state index contributed by atoms with van der Waals surface area (Å²) in [6, 6.07) is 14.5. The summed E-state index contributed by atoms with van der Waals surface area (Å²) < 4.78 is 0. The van der Waals surface area contributed by atoms with Crippen LogP contribution in [-0.2, 0) is 11.2 Å². The molecule has 24 heavy (non-hydrogen) atoms. The maximum absolute atomic E-state index is 12.7. The number of aromatic nitrogens is 1. The third-order valence-corrected chi connectivity index (χ3v) is 4.59. The summed E-state index contributed by atoms with van der Waals surface area (Å²) in [5, 5.41) is 3.96. The van der Waals surface area contributed by atoms with Gasteiger partial charge in [-0.05, 0) is 23.8 Å². The van der Waals surface area contributed by atoms with Crippen LogP contribution in [0.3, 0.4) is 0 Å². The predicted molar refractivity (Wildman–Crippen MR) is 93.0 cm³/mol. The van der Waals surface area contributed by atoms with Crippen molar-refractivity contribution in [2.45, 2.75) is 12.5 Å². The lowest BCUT2D eigenvalue weighted by Crippen LogP contribution is -2.44. The summed E-state index contributed by atoms with van der Waals surface area (Å²) in [5.74, 6) is -0.310. The highest BCUT2D eigenvalue weighted by atomic mass is 16.2. The van der Waals surface area contributed by atoms with E-state index in [1.807, 2.05) is 36.5 Å². The first-order valence-electron chi connectivity index (χ1n) is 7.87. The molecule has 3 aromatic rings. The zero-order valence-corrected chi connectivity index (χ0v) is 13.2. The highest BCUT2D eigenvalue weighted by molar-refractivity contribution is 6.09. The molecule has 5 heteroatoms.